The monoisotopic (exact) mass is 310 g/mol. The lowest BCUT2D eigenvalue weighted by Gasteiger charge is -2.18. The van der Waals surface area contributed by atoms with E-state index in [0.29, 0.717) is 0 Å². The van der Waals surface area contributed by atoms with Gasteiger partial charge in [0.15, 0.2) is 0 Å². The molecule has 1 aliphatic rings. The number of nitrogens with two attached hydrogens (primary N) is 1. The summed E-state index contributed by atoms with van der Waals surface area (Å²) >= 11 is 0. The highest BCUT2D eigenvalue weighted by molar-refractivity contribution is 6.35. The van der Waals surface area contributed by atoms with Gasteiger partial charge in [-0.3, -0.25) is 14.4 Å². The topological polar surface area (TPSA) is 118 Å². The minimum atomic E-state index is -1.38. The van der Waals surface area contributed by atoms with Gasteiger partial charge in [0.1, 0.15) is 0 Å². The average molecular weight is 310 g/mol. The van der Waals surface area contributed by atoms with E-state index in [9.17, 15) is 24.3 Å². The van der Waals surface area contributed by atoms with Crippen LogP contribution in [0.5, 0.6) is 0 Å². The van der Waals surface area contributed by atoms with Gasteiger partial charge in [-0.15, -0.1) is 0 Å². The predicted molar refractivity (Wildman–Crippen MR) is 79.5 cm³/mol. The maximum Gasteiger partial charge on any atom is 0.336 e. The summed E-state index contributed by atoms with van der Waals surface area (Å²) in [6.07, 6.45) is 0. The molecule has 0 spiro atoms. The maximum absolute atomic E-state index is 12.5. The number of hydrogen-bond donors (Lipinski definition) is 2. The van der Waals surface area contributed by atoms with E-state index in [0.717, 1.165) is 4.90 Å². The molecule has 0 aliphatic carbocycles. The van der Waals surface area contributed by atoms with Crippen molar-refractivity contribution in [3.63, 3.8) is 0 Å². The molecule has 1 aliphatic heterocycles. The van der Waals surface area contributed by atoms with Gasteiger partial charge in [0.2, 0.25) is 0 Å². The minimum absolute atomic E-state index is 0.136. The number of imide groups is 1. The van der Waals surface area contributed by atoms with Gasteiger partial charge in [-0.05, 0) is 24.3 Å². The van der Waals surface area contributed by atoms with E-state index in [1.807, 2.05) is 0 Å². The molecule has 0 bridgehead atoms. The van der Waals surface area contributed by atoms with Crippen LogP contribution in [-0.4, -0.2) is 28.8 Å². The second kappa shape index (κ2) is 5.06. The molecule has 0 atom stereocenters. The Morgan fingerprint density at radius 1 is 0.913 bits per heavy atom. The Hall–Kier alpha value is -3.48. The summed E-state index contributed by atoms with van der Waals surface area (Å²) in [5.74, 6) is -3.67. The molecule has 0 saturated carbocycles. The number of fused-ring (bicyclic) bond motifs is 1. The highest BCUT2D eigenvalue weighted by Gasteiger charge is 2.38. The molecule has 7 nitrogen and oxygen atoms in total. The maximum atomic E-state index is 12.5. The number of carboxylic acids is 1. The van der Waals surface area contributed by atoms with Crippen molar-refractivity contribution in [2.45, 2.75) is 0 Å². The van der Waals surface area contributed by atoms with Gasteiger partial charge in [0, 0.05) is 0 Å². The van der Waals surface area contributed by atoms with Crippen molar-refractivity contribution >= 4 is 29.4 Å². The Morgan fingerprint density at radius 3 is 1.96 bits per heavy atom. The summed E-state index contributed by atoms with van der Waals surface area (Å²) in [5.41, 5.74) is 4.76. The third-order valence-corrected chi connectivity index (χ3v) is 3.55. The number of primary amides is 1. The number of hydrogen-bond acceptors (Lipinski definition) is 4. The molecule has 23 heavy (non-hydrogen) atoms. The predicted octanol–water partition coefficient (Wildman–Crippen LogP) is 1.28. The van der Waals surface area contributed by atoms with Crippen LogP contribution in [-0.2, 0) is 0 Å². The van der Waals surface area contributed by atoms with E-state index in [2.05, 4.69) is 0 Å². The fourth-order valence-electron chi connectivity index (χ4n) is 2.57. The molecule has 0 unspecified atom stereocenters. The summed E-state index contributed by atoms with van der Waals surface area (Å²) < 4.78 is 0. The summed E-state index contributed by atoms with van der Waals surface area (Å²) in [7, 11) is 0. The molecule has 114 valence electrons. The molecule has 1 heterocycles. The lowest BCUT2D eigenvalue weighted by atomic mass is 10.0. The molecule has 3 rings (SSSR count). The number of anilines is 1. The molecule has 3 amide bonds. The van der Waals surface area contributed by atoms with E-state index in [1.54, 1.807) is 12.1 Å². The van der Waals surface area contributed by atoms with Gasteiger partial charge in [-0.25, -0.2) is 9.69 Å². The van der Waals surface area contributed by atoms with Gasteiger partial charge < -0.3 is 10.8 Å². The van der Waals surface area contributed by atoms with Crippen molar-refractivity contribution in [3.8, 4) is 0 Å². The van der Waals surface area contributed by atoms with Crippen LogP contribution in [0, 0.1) is 0 Å². The number of amides is 3. The standard InChI is InChI=1S/C16H10N2O5/c17-13(19)12-10(16(22)23)6-3-7-11(12)18-14(20)8-4-1-2-5-9(8)15(18)21/h1-7H,(H2,17,19)(H,22,23). The number of benzene rings is 2. The van der Waals surface area contributed by atoms with Gasteiger partial charge in [0.05, 0.1) is 27.9 Å². The van der Waals surface area contributed by atoms with Crippen LogP contribution >= 0.6 is 0 Å². The summed E-state index contributed by atoms with van der Waals surface area (Å²) in [6.45, 7) is 0. The second-order valence-electron chi connectivity index (χ2n) is 4.86. The normalized spacial score (nSPS) is 13.1. The first-order chi connectivity index (χ1) is 10.9. The molecule has 2 aromatic rings. The second-order valence-corrected chi connectivity index (χ2v) is 4.86. The first-order valence-electron chi connectivity index (χ1n) is 6.57. The van der Waals surface area contributed by atoms with Gasteiger partial charge >= 0.3 is 5.97 Å². The molecule has 0 saturated heterocycles. The Kier molecular flexibility index (Phi) is 3.18. The SMILES string of the molecule is NC(=O)c1c(C(=O)O)cccc1N1C(=O)c2ccccc2C1=O. The average Bonchev–Trinajstić information content (AvgIpc) is 2.78. The Morgan fingerprint density at radius 2 is 1.48 bits per heavy atom. The van der Waals surface area contributed by atoms with Crippen molar-refractivity contribution in [2.75, 3.05) is 4.90 Å². The number of carbonyl (C=O) groups excluding carboxylic acids is 3. The van der Waals surface area contributed by atoms with Crippen molar-refractivity contribution in [2.24, 2.45) is 5.73 Å². The van der Waals surface area contributed by atoms with Gasteiger partial charge in [0.25, 0.3) is 17.7 Å². The number of aromatic carboxylic acids is 1. The van der Waals surface area contributed by atoms with Crippen molar-refractivity contribution < 1.29 is 24.3 Å². The zero-order valence-electron chi connectivity index (χ0n) is 11.6. The van der Waals surface area contributed by atoms with E-state index in [1.165, 1.54) is 30.3 Å². The summed E-state index contributed by atoms with van der Waals surface area (Å²) in [5, 5.41) is 9.19. The van der Waals surface area contributed by atoms with Gasteiger partial charge in [-0.2, -0.15) is 0 Å². The highest BCUT2D eigenvalue weighted by atomic mass is 16.4. The molecule has 0 radical (unpaired) electrons. The molecular weight excluding hydrogens is 300 g/mol. The Balaban J connectivity index is 2.23. The van der Waals surface area contributed by atoms with E-state index < -0.39 is 23.7 Å². The van der Waals surface area contributed by atoms with Crippen LogP contribution in [0.15, 0.2) is 42.5 Å². The zero-order valence-corrected chi connectivity index (χ0v) is 11.6. The fourth-order valence-corrected chi connectivity index (χ4v) is 2.57. The van der Waals surface area contributed by atoms with Crippen LogP contribution in [0.3, 0.4) is 0 Å². The third kappa shape index (κ3) is 2.06. The van der Waals surface area contributed by atoms with E-state index >= 15 is 0 Å². The molecular formula is C16H10N2O5. The van der Waals surface area contributed by atoms with Gasteiger partial charge in [-0.1, -0.05) is 18.2 Å². The lowest BCUT2D eigenvalue weighted by Crippen LogP contribution is -2.32. The van der Waals surface area contributed by atoms with Crippen LogP contribution in [0.4, 0.5) is 5.69 Å². The van der Waals surface area contributed by atoms with Crippen LogP contribution in [0.1, 0.15) is 41.4 Å². The first kappa shape index (κ1) is 14.5. The highest BCUT2D eigenvalue weighted by Crippen LogP contribution is 2.32. The number of rotatable bonds is 3. The van der Waals surface area contributed by atoms with Crippen LogP contribution in [0.25, 0.3) is 0 Å². The molecule has 2 aromatic carbocycles. The molecule has 3 N–H and O–H groups in total. The molecule has 7 heteroatoms. The lowest BCUT2D eigenvalue weighted by molar-refractivity contribution is 0.0691. The Labute approximate surface area is 129 Å². The number of carboxylic acid groups (broad SMARTS) is 1. The number of carbonyl (C=O) groups is 4. The quantitative estimate of drug-likeness (QED) is 0.828. The van der Waals surface area contributed by atoms with E-state index in [4.69, 9.17) is 5.73 Å². The van der Waals surface area contributed by atoms with Crippen LogP contribution in [0.2, 0.25) is 0 Å². The zero-order chi connectivity index (χ0) is 16.7. The largest absolute Gasteiger partial charge is 0.478 e. The number of nitrogens with zero attached hydrogens (tertiary/aromatic N) is 1. The first-order valence-corrected chi connectivity index (χ1v) is 6.57. The molecule has 0 fully saturated rings. The third-order valence-electron chi connectivity index (χ3n) is 3.55. The van der Waals surface area contributed by atoms with Crippen molar-refractivity contribution in [1.29, 1.82) is 0 Å². The van der Waals surface area contributed by atoms with Crippen molar-refractivity contribution in [3.05, 3.63) is 64.7 Å². The summed E-state index contributed by atoms with van der Waals surface area (Å²) in [6, 6.07) is 10.0. The Bertz CT molecular complexity index is 853. The fraction of sp³-hybridized carbons (Fsp3) is 0. The molecule has 0 aromatic heterocycles. The van der Waals surface area contributed by atoms with E-state index in [-0.39, 0.29) is 27.9 Å². The minimum Gasteiger partial charge on any atom is -0.478 e. The smallest absolute Gasteiger partial charge is 0.336 e. The summed E-state index contributed by atoms with van der Waals surface area (Å²) in [4.78, 5) is 48.7. The van der Waals surface area contributed by atoms with Crippen molar-refractivity contribution in [1.82, 2.24) is 0 Å². The van der Waals surface area contributed by atoms with Crippen LogP contribution < -0.4 is 10.6 Å².